The Bertz CT molecular complexity index is 1190. The average Bonchev–Trinajstić information content (AvgIpc) is 3.11. The lowest BCUT2D eigenvalue weighted by Crippen LogP contribution is -2.08. The molecule has 0 aliphatic rings. The van der Waals surface area contributed by atoms with Gasteiger partial charge in [0.2, 0.25) is 5.95 Å². The smallest absolute Gasteiger partial charge is 0.297 e. The molecule has 0 saturated carbocycles. The Morgan fingerprint density at radius 2 is 1.82 bits per heavy atom. The maximum Gasteiger partial charge on any atom is 0.417 e. The van der Waals surface area contributed by atoms with Gasteiger partial charge >= 0.3 is 6.18 Å². The van der Waals surface area contributed by atoms with Gasteiger partial charge < -0.3 is 0 Å². The first-order valence-electron chi connectivity index (χ1n) is 8.02. The van der Waals surface area contributed by atoms with Crippen LogP contribution in [-0.2, 0) is 6.18 Å². The monoisotopic (exact) mass is 401 g/mol. The molecule has 0 fully saturated rings. The third-order valence-electron chi connectivity index (χ3n) is 4.13. The molecule has 0 aliphatic carbocycles. The molecule has 5 nitrogen and oxygen atoms in total. The van der Waals surface area contributed by atoms with E-state index in [0.717, 1.165) is 12.3 Å². The first-order valence-corrected chi connectivity index (χ1v) is 8.39. The van der Waals surface area contributed by atoms with Crippen molar-refractivity contribution in [3.05, 3.63) is 65.6 Å². The van der Waals surface area contributed by atoms with Gasteiger partial charge in [-0.2, -0.15) is 13.2 Å². The molecule has 9 heteroatoms. The van der Waals surface area contributed by atoms with Crippen LogP contribution in [0.15, 0.2) is 60.0 Å². The summed E-state index contributed by atoms with van der Waals surface area (Å²) in [6.07, 6.45) is -0.825. The number of aliphatic imine (C=N–C) groups is 1. The van der Waals surface area contributed by atoms with E-state index in [0.29, 0.717) is 16.8 Å². The lowest BCUT2D eigenvalue weighted by molar-refractivity contribution is -0.137. The van der Waals surface area contributed by atoms with Gasteiger partial charge in [-0.1, -0.05) is 41.9 Å². The van der Waals surface area contributed by atoms with Crippen molar-refractivity contribution in [2.75, 3.05) is 0 Å². The van der Waals surface area contributed by atoms with Crippen molar-refractivity contribution in [1.29, 1.82) is 0 Å². The number of pyridine rings is 1. The van der Waals surface area contributed by atoms with Gasteiger partial charge in [0.25, 0.3) is 0 Å². The van der Waals surface area contributed by atoms with Crippen molar-refractivity contribution in [3.8, 4) is 22.5 Å². The minimum atomic E-state index is -4.54. The third kappa shape index (κ3) is 3.11. The zero-order chi connectivity index (χ0) is 19.9. The van der Waals surface area contributed by atoms with E-state index in [1.807, 2.05) is 0 Å². The zero-order valence-corrected chi connectivity index (χ0v) is 14.9. The Morgan fingerprint density at radius 1 is 1.07 bits per heavy atom. The number of rotatable bonds is 3. The molecule has 0 atom stereocenters. The van der Waals surface area contributed by atoms with E-state index in [4.69, 9.17) is 11.6 Å². The molecule has 140 valence electrons. The fourth-order valence-corrected chi connectivity index (χ4v) is 3.05. The molecule has 0 N–H and O–H groups in total. The van der Waals surface area contributed by atoms with E-state index in [-0.39, 0.29) is 22.4 Å². The van der Waals surface area contributed by atoms with Crippen LogP contribution in [0, 0.1) is 0 Å². The normalized spacial score (nSPS) is 11.7. The van der Waals surface area contributed by atoms with E-state index in [1.54, 1.807) is 30.3 Å². The second-order valence-corrected chi connectivity index (χ2v) is 6.28. The SMILES string of the molecule is C=Nc1ncc(Cl)c(-c2cnc3c(-c4ccccc4)cc(C(F)(F)F)cn23)n1. The van der Waals surface area contributed by atoms with E-state index in [1.165, 1.54) is 16.8 Å². The standard InChI is InChI=1S/C19H11ClF3N5/c1-24-18-26-8-14(20)16(27-18)15-9-25-17-13(11-5-3-2-4-6-11)7-12(10-28(15)17)19(21,22)23/h2-10H,1H2. The maximum absolute atomic E-state index is 13.5. The second-order valence-electron chi connectivity index (χ2n) is 5.87. The van der Waals surface area contributed by atoms with E-state index < -0.39 is 11.7 Å². The molecule has 28 heavy (non-hydrogen) atoms. The van der Waals surface area contributed by atoms with Crippen molar-refractivity contribution in [2.24, 2.45) is 4.99 Å². The summed E-state index contributed by atoms with van der Waals surface area (Å²) >= 11 is 6.18. The molecule has 1 aromatic carbocycles. The molecule has 4 rings (SSSR count). The van der Waals surface area contributed by atoms with Gasteiger partial charge in [-0.05, 0) is 18.3 Å². The van der Waals surface area contributed by atoms with Gasteiger partial charge in [0, 0.05) is 11.8 Å². The molecular weight excluding hydrogens is 391 g/mol. The fraction of sp³-hybridized carbons (Fsp3) is 0.0526. The van der Waals surface area contributed by atoms with E-state index >= 15 is 0 Å². The summed E-state index contributed by atoms with van der Waals surface area (Å²) in [7, 11) is 0. The molecule has 3 aromatic heterocycles. The minimum Gasteiger partial charge on any atom is -0.297 e. The van der Waals surface area contributed by atoms with Gasteiger partial charge in [0.05, 0.1) is 28.7 Å². The number of fused-ring (bicyclic) bond motifs is 1. The number of hydrogen-bond donors (Lipinski definition) is 0. The summed E-state index contributed by atoms with van der Waals surface area (Å²) in [6, 6.07) is 9.82. The number of halogens is 4. The van der Waals surface area contributed by atoms with Gasteiger partial charge in [0.15, 0.2) is 0 Å². The summed E-state index contributed by atoms with van der Waals surface area (Å²) in [5, 5.41) is 0.160. The highest BCUT2D eigenvalue weighted by Gasteiger charge is 2.32. The summed E-state index contributed by atoms with van der Waals surface area (Å²) in [5.41, 5.74) is 0.981. The highest BCUT2D eigenvalue weighted by atomic mass is 35.5. The van der Waals surface area contributed by atoms with E-state index in [2.05, 4.69) is 26.7 Å². The maximum atomic E-state index is 13.5. The quantitative estimate of drug-likeness (QED) is 0.428. The van der Waals surface area contributed by atoms with Gasteiger partial charge in [0.1, 0.15) is 11.3 Å². The summed E-state index contributed by atoms with van der Waals surface area (Å²) in [4.78, 5) is 16.0. The van der Waals surface area contributed by atoms with Crippen LogP contribution in [0.25, 0.3) is 28.2 Å². The van der Waals surface area contributed by atoms with Gasteiger partial charge in [-0.15, -0.1) is 0 Å². The topological polar surface area (TPSA) is 55.4 Å². The van der Waals surface area contributed by atoms with Crippen LogP contribution >= 0.6 is 11.6 Å². The van der Waals surface area contributed by atoms with Crippen LogP contribution in [-0.4, -0.2) is 26.1 Å². The van der Waals surface area contributed by atoms with Crippen molar-refractivity contribution >= 4 is 29.9 Å². The number of hydrogen-bond acceptors (Lipinski definition) is 4. The number of benzene rings is 1. The van der Waals surface area contributed by atoms with Crippen LogP contribution in [0.1, 0.15) is 5.56 Å². The van der Waals surface area contributed by atoms with Crippen LogP contribution in [0.2, 0.25) is 5.02 Å². The Morgan fingerprint density at radius 3 is 2.50 bits per heavy atom. The van der Waals surface area contributed by atoms with E-state index in [9.17, 15) is 13.2 Å². The lowest BCUT2D eigenvalue weighted by atomic mass is 10.0. The minimum absolute atomic E-state index is 0.0598. The van der Waals surface area contributed by atoms with Crippen LogP contribution in [0.5, 0.6) is 0 Å². The molecule has 4 aromatic rings. The Labute approximate surface area is 162 Å². The van der Waals surface area contributed by atoms with Crippen molar-refractivity contribution in [1.82, 2.24) is 19.4 Å². The summed E-state index contributed by atoms with van der Waals surface area (Å²) < 4.78 is 41.9. The van der Waals surface area contributed by atoms with Crippen LogP contribution in [0.3, 0.4) is 0 Å². The number of imidazole rings is 1. The second kappa shape index (κ2) is 6.72. The molecule has 0 amide bonds. The zero-order valence-electron chi connectivity index (χ0n) is 14.2. The van der Waals surface area contributed by atoms with Gasteiger partial charge in [-0.3, -0.25) is 4.40 Å². The molecule has 0 saturated heterocycles. The fourth-order valence-electron chi connectivity index (χ4n) is 2.86. The lowest BCUT2D eigenvalue weighted by Gasteiger charge is -2.13. The van der Waals surface area contributed by atoms with Crippen molar-refractivity contribution in [2.45, 2.75) is 6.18 Å². The highest BCUT2D eigenvalue weighted by molar-refractivity contribution is 6.32. The number of nitrogens with zero attached hydrogens (tertiary/aromatic N) is 5. The van der Waals surface area contributed by atoms with Crippen LogP contribution in [0.4, 0.5) is 19.1 Å². The highest BCUT2D eigenvalue weighted by Crippen LogP contribution is 2.36. The first kappa shape index (κ1) is 18.1. The molecule has 3 heterocycles. The number of aromatic nitrogens is 4. The summed E-state index contributed by atoms with van der Waals surface area (Å²) in [5.74, 6) is 0.0598. The Kier molecular flexibility index (Phi) is 4.35. The Hall–Kier alpha value is -3.26. The molecule has 0 unspecified atom stereocenters. The van der Waals surface area contributed by atoms with Crippen molar-refractivity contribution in [3.63, 3.8) is 0 Å². The molecule has 0 aliphatic heterocycles. The molecule has 0 spiro atoms. The number of alkyl halides is 3. The molecule has 0 radical (unpaired) electrons. The first-order chi connectivity index (χ1) is 13.4. The third-order valence-corrected chi connectivity index (χ3v) is 4.41. The predicted octanol–water partition coefficient (Wildman–Crippen LogP) is 5.46. The molecular formula is C19H11ClF3N5. The Balaban J connectivity index is 2.05. The summed E-state index contributed by atoms with van der Waals surface area (Å²) in [6.45, 7) is 3.36. The van der Waals surface area contributed by atoms with Crippen molar-refractivity contribution < 1.29 is 13.2 Å². The largest absolute Gasteiger partial charge is 0.417 e. The molecule has 0 bridgehead atoms. The predicted molar refractivity (Wildman–Crippen MR) is 101 cm³/mol. The average molecular weight is 402 g/mol. The van der Waals surface area contributed by atoms with Gasteiger partial charge in [-0.25, -0.2) is 19.9 Å². The van der Waals surface area contributed by atoms with Crippen LogP contribution < -0.4 is 0 Å².